The minimum Gasteiger partial charge on any atom is -0.387 e. The first-order valence-electron chi connectivity index (χ1n) is 6.52. The second kappa shape index (κ2) is 8.85. The molecule has 1 saturated carbocycles. The Morgan fingerprint density at radius 1 is 0.429 bits per heavy atom. The van der Waals surface area contributed by atoms with Gasteiger partial charge in [0.1, 0.15) is 36.6 Å². The zero-order chi connectivity index (χ0) is 22.3. The van der Waals surface area contributed by atoms with Gasteiger partial charge in [-0.05, 0) is 0 Å². The average Bonchev–Trinajstić information content (AvgIpc) is 2.39. The first-order valence-corrected chi connectivity index (χ1v) is 12.6. The number of phosphoric ester groups is 4. The third-order valence-corrected chi connectivity index (χ3v) is 5.10. The largest absolute Gasteiger partial charge is 0.470 e. The lowest BCUT2D eigenvalue weighted by molar-refractivity contribution is -0.208. The van der Waals surface area contributed by atoms with Gasteiger partial charge in [-0.15, -0.1) is 0 Å². The maximum atomic E-state index is 11.1. The van der Waals surface area contributed by atoms with Gasteiger partial charge < -0.3 is 49.4 Å². The van der Waals surface area contributed by atoms with Gasteiger partial charge in [0.15, 0.2) is 0 Å². The summed E-state index contributed by atoms with van der Waals surface area (Å²) in [6.07, 6.45) is -15.9. The first kappa shape index (κ1) is 26.4. The molecule has 28 heavy (non-hydrogen) atoms. The van der Waals surface area contributed by atoms with Crippen LogP contribution in [0, 0.1) is 0 Å². The molecule has 1 aliphatic rings. The fourth-order valence-corrected chi connectivity index (χ4v) is 4.52. The van der Waals surface area contributed by atoms with Crippen molar-refractivity contribution in [3.8, 4) is 0 Å². The average molecular weight is 500 g/mol. The fraction of sp³-hybridized carbons (Fsp3) is 1.00. The number of aliphatic hydroxyl groups excluding tert-OH is 2. The molecule has 0 heterocycles. The van der Waals surface area contributed by atoms with E-state index in [0.717, 1.165) is 0 Å². The van der Waals surface area contributed by atoms with E-state index in [9.17, 15) is 28.5 Å². The molecule has 0 aromatic heterocycles. The molecule has 1 fully saturated rings. The van der Waals surface area contributed by atoms with Gasteiger partial charge in [0.25, 0.3) is 0 Å². The molecule has 0 aliphatic heterocycles. The Hall–Kier alpha value is 0.360. The van der Waals surface area contributed by atoms with Crippen molar-refractivity contribution in [2.24, 2.45) is 0 Å². The third-order valence-electron chi connectivity index (χ3n) is 3.03. The Kier molecular flexibility index (Phi) is 8.34. The molecule has 0 saturated heterocycles. The molecule has 0 aromatic rings. The zero-order valence-corrected chi connectivity index (χ0v) is 16.6. The molecule has 0 amide bonds. The molecule has 1 aliphatic carbocycles. The van der Waals surface area contributed by atoms with Crippen molar-refractivity contribution < 1.29 is 85.7 Å². The van der Waals surface area contributed by atoms with Crippen LogP contribution in [0.3, 0.4) is 0 Å². The first-order chi connectivity index (χ1) is 12.2. The Bertz CT molecular complexity index is 688. The Morgan fingerprint density at radius 2 is 0.643 bits per heavy atom. The molecule has 0 spiro atoms. The monoisotopic (exact) mass is 500 g/mol. The standard InChI is InChI=1S/C6H16O18P4/c7-1-3(21-25(9,10)11)2(8)5(23-27(15,16)17)6(24-28(18,19)20)4(1)22-26(12,13)14/h1-8H,(H2,9,10,11)(H2,12,13,14)(H2,15,16,17)(H2,18,19,20)/t1-,2-,3?,4-,5-,6?/m0/s1. The molecule has 18 nitrogen and oxygen atoms in total. The molecule has 0 radical (unpaired) electrons. The maximum absolute atomic E-state index is 11.1. The van der Waals surface area contributed by atoms with Crippen LogP contribution in [0.15, 0.2) is 0 Å². The molecule has 0 unspecified atom stereocenters. The number of hydrogen-bond donors (Lipinski definition) is 10. The fourth-order valence-electron chi connectivity index (χ4n) is 2.28. The van der Waals surface area contributed by atoms with E-state index in [-0.39, 0.29) is 0 Å². The summed E-state index contributed by atoms with van der Waals surface area (Å²) in [6, 6.07) is 0. The predicted molar refractivity (Wildman–Crippen MR) is 79.7 cm³/mol. The van der Waals surface area contributed by atoms with Gasteiger partial charge in [-0.2, -0.15) is 0 Å². The second-order valence-electron chi connectivity index (χ2n) is 5.22. The second-order valence-corrected chi connectivity index (χ2v) is 9.99. The van der Waals surface area contributed by atoms with Crippen molar-refractivity contribution >= 4 is 31.3 Å². The zero-order valence-electron chi connectivity index (χ0n) is 13.0. The third kappa shape index (κ3) is 8.62. The van der Waals surface area contributed by atoms with Crippen molar-refractivity contribution in [1.82, 2.24) is 0 Å². The highest BCUT2D eigenvalue weighted by atomic mass is 31.2. The van der Waals surface area contributed by atoms with Crippen LogP contribution in [0.2, 0.25) is 0 Å². The minimum absolute atomic E-state index is 2.56. The Labute approximate surface area is 154 Å². The van der Waals surface area contributed by atoms with E-state index in [2.05, 4.69) is 18.1 Å². The highest BCUT2D eigenvalue weighted by Crippen LogP contribution is 2.52. The molecule has 168 valence electrons. The van der Waals surface area contributed by atoms with E-state index in [0.29, 0.717) is 0 Å². The molecule has 4 atom stereocenters. The Morgan fingerprint density at radius 3 is 0.893 bits per heavy atom. The van der Waals surface area contributed by atoms with Gasteiger partial charge in [0.2, 0.25) is 0 Å². The summed E-state index contributed by atoms with van der Waals surface area (Å²) in [5.74, 6) is 0. The summed E-state index contributed by atoms with van der Waals surface area (Å²) in [5.41, 5.74) is 0. The van der Waals surface area contributed by atoms with Crippen LogP contribution in [-0.4, -0.2) is 86.0 Å². The molecule has 1 rings (SSSR count). The lowest BCUT2D eigenvalue weighted by Gasteiger charge is -2.45. The van der Waals surface area contributed by atoms with Gasteiger partial charge in [-0.3, -0.25) is 18.1 Å². The highest BCUT2D eigenvalue weighted by molar-refractivity contribution is 7.47. The van der Waals surface area contributed by atoms with Gasteiger partial charge in [-0.1, -0.05) is 0 Å². The van der Waals surface area contributed by atoms with Crippen molar-refractivity contribution in [3.05, 3.63) is 0 Å². The van der Waals surface area contributed by atoms with Crippen molar-refractivity contribution in [3.63, 3.8) is 0 Å². The van der Waals surface area contributed by atoms with Gasteiger partial charge >= 0.3 is 31.3 Å². The predicted octanol–water partition coefficient (Wildman–Crippen LogP) is -3.37. The smallest absolute Gasteiger partial charge is 0.387 e. The van der Waals surface area contributed by atoms with Crippen molar-refractivity contribution in [2.75, 3.05) is 0 Å². The van der Waals surface area contributed by atoms with E-state index < -0.39 is 67.9 Å². The van der Waals surface area contributed by atoms with E-state index in [1.165, 1.54) is 0 Å². The van der Waals surface area contributed by atoms with Crippen LogP contribution >= 0.6 is 31.3 Å². The number of aliphatic hydroxyl groups is 2. The summed E-state index contributed by atoms with van der Waals surface area (Å²) in [6.45, 7) is 0. The number of hydrogen-bond acceptors (Lipinski definition) is 10. The summed E-state index contributed by atoms with van der Waals surface area (Å²) in [4.78, 5) is 71.0. The summed E-state index contributed by atoms with van der Waals surface area (Å²) in [5, 5.41) is 20.1. The van der Waals surface area contributed by atoms with Crippen LogP contribution in [0.25, 0.3) is 0 Å². The van der Waals surface area contributed by atoms with Crippen molar-refractivity contribution in [1.29, 1.82) is 0 Å². The number of phosphoric acid groups is 4. The molecule has 0 aromatic carbocycles. The highest BCUT2D eigenvalue weighted by Gasteiger charge is 2.58. The molecule has 0 bridgehead atoms. The SMILES string of the molecule is O=P(O)(O)OC1[C@@H](OP(=O)(O)O)[C@@H](O)C(OP(=O)(O)O)[C@H](O)[C@@H]1OP(=O)(O)O. The number of rotatable bonds is 8. The molecule has 10 N–H and O–H groups in total. The van der Waals surface area contributed by atoms with Gasteiger partial charge in [0, 0.05) is 0 Å². The normalized spacial score (nSPS) is 33.1. The lowest BCUT2D eigenvalue weighted by Crippen LogP contribution is -2.65. The van der Waals surface area contributed by atoms with Crippen molar-refractivity contribution in [2.45, 2.75) is 36.6 Å². The van der Waals surface area contributed by atoms with Crippen LogP contribution in [0.1, 0.15) is 0 Å². The summed E-state index contributed by atoms with van der Waals surface area (Å²) in [7, 11) is -22.4. The van der Waals surface area contributed by atoms with Gasteiger partial charge in [0.05, 0.1) is 0 Å². The minimum atomic E-state index is -5.64. The molecular formula is C6H16O18P4. The lowest BCUT2D eigenvalue weighted by atomic mass is 9.85. The van der Waals surface area contributed by atoms with E-state index >= 15 is 0 Å². The van der Waals surface area contributed by atoms with Crippen LogP contribution in [0.4, 0.5) is 0 Å². The van der Waals surface area contributed by atoms with E-state index in [1.807, 2.05) is 0 Å². The van der Waals surface area contributed by atoms with Gasteiger partial charge in [-0.25, -0.2) is 18.3 Å². The van der Waals surface area contributed by atoms with Crippen LogP contribution in [0.5, 0.6) is 0 Å². The summed E-state index contributed by atoms with van der Waals surface area (Å²) >= 11 is 0. The quantitative estimate of drug-likeness (QED) is 0.145. The molecule has 22 heteroatoms. The maximum Gasteiger partial charge on any atom is 0.470 e. The topological polar surface area (TPSA) is 308 Å². The summed E-state index contributed by atoms with van der Waals surface area (Å²) < 4.78 is 60.5. The van der Waals surface area contributed by atoms with Crippen LogP contribution in [-0.2, 0) is 36.4 Å². The van der Waals surface area contributed by atoms with E-state index in [4.69, 9.17) is 39.1 Å². The van der Waals surface area contributed by atoms with E-state index in [1.54, 1.807) is 0 Å². The Balaban J connectivity index is 3.50. The van der Waals surface area contributed by atoms with Crippen LogP contribution < -0.4 is 0 Å². The molecular weight excluding hydrogens is 484 g/mol.